The Hall–Kier alpha value is -3.38. The molecule has 1 aromatic heterocycles. The van der Waals surface area contributed by atoms with Crippen LogP contribution >= 0.6 is 0 Å². The van der Waals surface area contributed by atoms with E-state index in [1.807, 2.05) is 47.4 Å². The Bertz CT molecular complexity index is 1110. The molecule has 36 heavy (non-hydrogen) atoms. The smallest absolute Gasteiger partial charge is 0.272 e. The summed E-state index contributed by atoms with van der Waals surface area (Å²) in [5.74, 6) is 0.927. The molecule has 0 unspecified atom stereocenters. The normalized spacial score (nSPS) is 16.7. The number of anilines is 1. The molecule has 0 saturated carbocycles. The molecule has 1 amide bonds. The number of benzene rings is 2. The molecule has 0 spiro atoms. The molecule has 2 aliphatic heterocycles. The van der Waals surface area contributed by atoms with Gasteiger partial charge in [0, 0.05) is 44.6 Å². The molecule has 0 atom stereocenters. The quantitative estimate of drug-likeness (QED) is 0.423. The summed E-state index contributed by atoms with van der Waals surface area (Å²) in [6.07, 6.45) is 6.85. The average molecular weight is 485 g/mol. The highest BCUT2D eigenvalue weighted by atomic mass is 16.5. The van der Waals surface area contributed by atoms with Gasteiger partial charge in [-0.15, -0.1) is 0 Å². The molecule has 2 fully saturated rings. The predicted molar refractivity (Wildman–Crippen MR) is 145 cm³/mol. The van der Waals surface area contributed by atoms with E-state index >= 15 is 0 Å². The number of ether oxygens (including phenoxy) is 1. The van der Waals surface area contributed by atoms with Gasteiger partial charge in [-0.05, 0) is 79.9 Å². The first-order chi connectivity index (χ1) is 17.8. The zero-order valence-electron chi connectivity index (χ0n) is 21.0. The van der Waals surface area contributed by atoms with Crippen LogP contribution in [0.5, 0.6) is 5.75 Å². The number of aromatic nitrogens is 1. The largest absolute Gasteiger partial charge is 0.494 e. The van der Waals surface area contributed by atoms with Crippen molar-refractivity contribution in [3.8, 4) is 16.9 Å². The molecule has 2 aliphatic rings. The van der Waals surface area contributed by atoms with E-state index in [1.54, 1.807) is 6.20 Å². The molecular weight excluding hydrogens is 448 g/mol. The van der Waals surface area contributed by atoms with Crippen LogP contribution in [0.25, 0.3) is 11.1 Å². The Morgan fingerprint density at radius 3 is 2.31 bits per heavy atom. The lowest BCUT2D eigenvalue weighted by Crippen LogP contribution is -2.49. The molecule has 6 nitrogen and oxygen atoms in total. The van der Waals surface area contributed by atoms with E-state index in [1.165, 1.54) is 38.0 Å². The number of nitrogens with zero attached hydrogens (tertiary/aromatic N) is 4. The number of hydrogen-bond acceptors (Lipinski definition) is 5. The Morgan fingerprint density at radius 1 is 0.806 bits per heavy atom. The van der Waals surface area contributed by atoms with Crippen molar-refractivity contribution in [3.63, 3.8) is 0 Å². The van der Waals surface area contributed by atoms with Crippen LogP contribution in [-0.2, 0) is 0 Å². The standard InChI is InChI=1S/C30H36N4O2/c35-30(29-24-26(14-15-31-29)25-8-3-1-4-9-25)34-21-19-33(20-22-34)27-10-12-28(13-11-27)36-23-7-18-32-16-5-2-6-17-32/h1,3-4,8-15,24H,2,5-7,16-23H2. The Kier molecular flexibility index (Phi) is 8.13. The third-order valence-corrected chi connectivity index (χ3v) is 7.19. The van der Waals surface area contributed by atoms with E-state index in [9.17, 15) is 4.79 Å². The monoisotopic (exact) mass is 484 g/mol. The number of pyridine rings is 1. The Morgan fingerprint density at radius 2 is 1.56 bits per heavy atom. The molecule has 6 heteroatoms. The summed E-state index contributed by atoms with van der Waals surface area (Å²) in [6, 6.07) is 22.3. The fourth-order valence-electron chi connectivity index (χ4n) is 5.10. The lowest BCUT2D eigenvalue weighted by molar-refractivity contribution is 0.0741. The van der Waals surface area contributed by atoms with Crippen LogP contribution in [0.1, 0.15) is 36.2 Å². The van der Waals surface area contributed by atoms with Crippen LogP contribution in [0.3, 0.4) is 0 Å². The zero-order chi connectivity index (χ0) is 24.6. The van der Waals surface area contributed by atoms with Crippen molar-refractivity contribution in [1.82, 2.24) is 14.8 Å². The number of hydrogen-bond donors (Lipinski definition) is 0. The summed E-state index contributed by atoms with van der Waals surface area (Å²) in [5.41, 5.74) is 3.79. The van der Waals surface area contributed by atoms with Crippen molar-refractivity contribution >= 4 is 11.6 Å². The van der Waals surface area contributed by atoms with E-state index in [2.05, 4.69) is 39.0 Å². The lowest BCUT2D eigenvalue weighted by atomic mass is 10.1. The van der Waals surface area contributed by atoms with Gasteiger partial charge in [0.25, 0.3) is 5.91 Å². The number of amides is 1. The molecule has 2 saturated heterocycles. The highest BCUT2D eigenvalue weighted by Crippen LogP contribution is 2.23. The number of piperazine rings is 1. The van der Waals surface area contributed by atoms with Crippen LogP contribution in [0.2, 0.25) is 0 Å². The van der Waals surface area contributed by atoms with Gasteiger partial charge in [0.2, 0.25) is 0 Å². The summed E-state index contributed by atoms with van der Waals surface area (Å²) in [5, 5.41) is 0. The average Bonchev–Trinajstić information content (AvgIpc) is 2.96. The van der Waals surface area contributed by atoms with Crippen molar-refractivity contribution in [1.29, 1.82) is 0 Å². The van der Waals surface area contributed by atoms with Gasteiger partial charge in [0.05, 0.1) is 6.61 Å². The topological polar surface area (TPSA) is 48.9 Å². The SMILES string of the molecule is O=C(c1cc(-c2ccccc2)ccn1)N1CCN(c2ccc(OCCCN3CCCCC3)cc2)CC1. The maximum Gasteiger partial charge on any atom is 0.272 e. The maximum atomic E-state index is 13.1. The molecule has 3 heterocycles. The minimum absolute atomic E-state index is 0.000678. The van der Waals surface area contributed by atoms with Gasteiger partial charge in [0.1, 0.15) is 11.4 Å². The molecule has 0 radical (unpaired) electrons. The second-order valence-corrected chi connectivity index (χ2v) is 9.67. The van der Waals surface area contributed by atoms with E-state index in [0.29, 0.717) is 18.8 Å². The van der Waals surface area contributed by atoms with E-state index in [0.717, 1.165) is 49.5 Å². The van der Waals surface area contributed by atoms with Gasteiger partial charge in [-0.25, -0.2) is 0 Å². The first kappa shape index (κ1) is 24.3. The van der Waals surface area contributed by atoms with Crippen molar-refractivity contribution in [3.05, 3.63) is 78.6 Å². The van der Waals surface area contributed by atoms with Crippen LogP contribution < -0.4 is 9.64 Å². The summed E-state index contributed by atoms with van der Waals surface area (Å²) in [6.45, 7) is 7.35. The minimum Gasteiger partial charge on any atom is -0.494 e. The number of rotatable bonds is 8. The third-order valence-electron chi connectivity index (χ3n) is 7.19. The van der Waals surface area contributed by atoms with Gasteiger partial charge >= 0.3 is 0 Å². The van der Waals surface area contributed by atoms with E-state index < -0.39 is 0 Å². The molecule has 0 N–H and O–H groups in total. The molecule has 0 bridgehead atoms. The van der Waals surface area contributed by atoms with E-state index in [-0.39, 0.29) is 5.91 Å². The number of carbonyl (C=O) groups is 1. The molecule has 2 aromatic carbocycles. The first-order valence-corrected chi connectivity index (χ1v) is 13.3. The molecule has 5 rings (SSSR count). The highest BCUT2D eigenvalue weighted by Gasteiger charge is 2.23. The summed E-state index contributed by atoms with van der Waals surface area (Å²) in [4.78, 5) is 24.3. The minimum atomic E-state index is 0.000678. The Labute approximate surface area is 214 Å². The maximum absolute atomic E-state index is 13.1. The van der Waals surface area contributed by atoms with Gasteiger partial charge in [-0.2, -0.15) is 0 Å². The predicted octanol–water partition coefficient (Wildman–Crippen LogP) is 4.97. The van der Waals surface area contributed by atoms with Crippen molar-refractivity contribution in [2.45, 2.75) is 25.7 Å². The molecule has 188 valence electrons. The summed E-state index contributed by atoms with van der Waals surface area (Å²) < 4.78 is 5.97. The van der Waals surface area contributed by atoms with Gasteiger partial charge in [-0.1, -0.05) is 36.8 Å². The van der Waals surface area contributed by atoms with Crippen molar-refractivity contribution in [2.24, 2.45) is 0 Å². The number of likely N-dealkylation sites (tertiary alicyclic amines) is 1. The van der Waals surface area contributed by atoms with Crippen LogP contribution in [0.4, 0.5) is 5.69 Å². The van der Waals surface area contributed by atoms with Crippen LogP contribution in [0.15, 0.2) is 72.9 Å². The fraction of sp³-hybridized carbons (Fsp3) is 0.400. The number of carbonyl (C=O) groups excluding carboxylic acids is 1. The highest BCUT2D eigenvalue weighted by molar-refractivity contribution is 5.93. The molecule has 0 aliphatic carbocycles. The van der Waals surface area contributed by atoms with Gasteiger partial charge < -0.3 is 19.4 Å². The second-order valence-electron chi connectivity index (χ2n) is 9.67. The van der Waals surface area contributed by atoms with Crippen LogP contribution in [-0.4, -0.2) is 73.1 Å². The third kappa shape index (κ3) is 6.24. The lowest BCUT2D eigenvalue weighted by Gasteiger charge is -2.36. The number of piperidine rings is 1. The van der Waals surface area contributed by atoms with Crippen molar-refractivity contribution in [2.75, 3.05) is 57.3 Å². The summed E-state index contributed by atoms with van der Waals surface area (Å²) >= 11 is 0. The van der Waals surface area contributed by atoms with Gasteiger partial charge in [-0.3, -0.25) is 9.78 Å². The second kappa shape index (κ2) is 12.0. The molecular formula is C30H36N4O2. The van der Waals surface area contributed by atoms with Crippen LogP contribution in [0, 0.1) is 0 Å². The fourth-order valence-corrected chi connectivity index (χ4v) is 5.10. The molecule has 3 aromatic rings. The van der Waals surface area contributed by atoms with Gasteiger partial charge in [0.15, 0.2) is 0 Å². The summed E-state index contributed by atoms with van der Waals surface area (Å²) in [7, 11) is 0. The zero-order valence-corrected chi connectivity index (χ0v) is 21.0. The van der Waals surface area contributed by atoms with E-state index in [4.69, 9.17) is 4.74 Å². The first-order valence-electron chi connectivity index (χ1n) is 13.3. The Balaban J connectivity index is 1.09. The van der Waals surface area contributed by atoms with Crippen molar-refractivity contribution < 1.29 is 9.53 Å².